The SMILES string of the molecule is COc1ccc([C@@H]2CC(=O)Nc3nc(SCc4ccccc4C)[nH]c(=O)c32)cc1Br. The van der Waals surface area contributed by atoms with Crippen molar-refractivity contribution < 1.29 is 9.53 Å². The molecule has 0 bridgehead atoms. The van der Waals surface area contributed by atoms with E-state index in [1.807, 2.05) is 30.3 Å². The minimum Gasteiger partial charge on any atom is -0.496 e. The second-order valence-corrected chi connectivity index (χ2v) is 8.87. The molecule has 0 saturated carbocycles. The van der Waals surface area contributed by atoms with Crippen LogP contribution < -0.4 is 15.6 Å². The van der Waals surface area contributed by atoms with Crippen molar-refractivity contribution in [2.45, 2.75) is 30.2 Å². The van der Waals surface area contributed by atoms with Crippen LogP contribution in [0.1, 0.15) is 34.6 Å². The number of anilines is 1. The lowest BCUT2D eigenvalue weighted by atomic mass is 9.87. The molecule has 30 heavy (non-hydrogen) atoms. The van der Waals surface area contributed by atoms with E-state index in [-0.39, 0.29) is 23.8 Å². The molecular weight excluding hydrogens is 466 g/mol. The molecule has 2 heterocycles. The van der Waals surface area contributed by atoms with Crippen LogP contribution in [0.4, 0.5) is 5.82 Å². The molecule has 1 amide bonds. The minimum atomic E-state index is -0.373. The van der Waals surface area contributed by atoms with E-state index in [0.717, 1.165) is 10.0 Å². The molecule has 0 fully saturated rings. The average Bonchev–Trinajstić information content (AvgIpc) is 2.72. The number of hydrogen-bond donors (Lipinski definition) is 2. The maximum atomic E-state index is 13.0. The lowest BCUT2D eigenvalue weighted by Crippen LogP contribution is -2.31. The van der Waals surface area contributed by atoms with Crippen molar-refractivity contribution in [2.24, 2.45) is 0 Å². The van der Waals surface area contributed by atoms with Gasteiger partial charge >= 0.3 is 0 Å². The normalized spacial score (nSPS) is 15.4. The number of carbonyl (C=O) groups is 1. The molecule has 6 nitrogen and oxygen atoms in total. The topological polar surface area (TPSA) is 84.1 Å². The van der Waals surface area contributed by atoms with Gasteiger partial charge in [-0.25, -0.2) is 4.98 Å². The molecule has 8 heteroatoms. The molecule has 0 unspecified atom stereocenters. The van der Waals surface area contributed by atoms with Crippen molar-refractivity contribution in [1.82, 2.24) is 9.97 Å². The van der Waals surface area contributed by atoms with E-state index in [9.17, 15) is 9.59 Å². The van der Waals surface area contributed by atoms with E-state index in [0.29, 0.717) is 28.0 Å². The number of H-pyrrole nitrogens is 1. The van der Waals surface area contributed by atoms with Gasteiger partial charge in [-0.15, -0.1) is 0 Å². The van der Waals surface area contributed by atoms with Crippen LogP contribution >= 0.6 is 27.7 Å². The molecule has 1 aromatic heterocycles. The smallest absolute Gasteiger partial charge is 0.257 e. The second-order valence-electron chi connectivity index (χ2n) is 7.05. The van der Waals surface area contributed by atoms with Crippen LogP contribution in [0, 0.1) is 6.92 Å². The Morgan fingerprint density at radius 2 is 2.03 bits per heavy atom. The predicted molar refractivity (Wildman–Crippen MR) is 121 cm³/mol. The van der Waals surface area contributed by atoms with Crippen molar-refractivity contribution in [3.8, 4) is 5.75 Å². The zero-order valence-electron chi connectivity index (χ0n) is 16.5. The molecular formula is C22H20BrN3O3S. The van der Waals surface area contributed by atoms with Crippen LogP contribution in [0.25, 0.3) is 0 Å². The van der Waals surface area contributed by atoms with Gasteiger partial charge in [-0.1, -0.05) is 42.1 Å². The monoisotopic (exact) mass is 485 g/mol. The summed E-state index contributed by atoms with van der Waals surface area (Å²) in [5.74, 6) is 1.17. The van der Waals surface area contributed by atoms with E-state index in [2.05, 4.69) is 50.3 Å². The van der Waals surface area contributed by atoms with Gasteiger partial charge in [-0.3, -0.25) is 9.59 Å². The summed E-state index contributed by atoms with van der Waals surface area (Å²) >= 11 is 4.92. The number of aromatic amines is 1. The number of amides is 1. The third-order valence-corrected chi connectivity index (χ3v) is 6.68. The van der Waals surface area contributed by atoms with Gasteiger partial charge in [0, 0.05) is 18.1 Å². The van der Waals surface area contributed by atoms with Gasteiger partial charge in [-0.05, 0) is 51.7 Å². The van der Waals surface area contributed by atoms with Crippen molar-refractivity contribution in [3.05, 3.63) is 79.5 Å². The molecule has 1 aliphatic rings. The lowest BCUT2D eigenvalue weighted by Gasteiger charge is -2.25. The Labute approximate surface area is 186 Å². The highest BCUT2D eigenvalue weighted by molar-refractivity contribution is 9.10. The number of rotatable bonds is 5. The van der Waals surface area contributed by atoms with E-state index >= 15 is 0 Å². The van der Waals surface area contributed by atoms with Gasteiger partial charge in [0.05, 0.1) is 17.1 Å². The number of aromatic nitrogens is 2. The Morgan fingerprint density at radius 1 is 1.23 bits per heavy atom. The first-order valence-corrected chi connectivity index (χ1v) is 11.2. The number of aryl methyl sites for hydroxylation is 1. The molecule has 3 aromatic rings. The lowest BCUT2D eigenvalue weighted by molar-refractivity contribution is -0.116. The highest BCUT2D eigenvalue weighted by Crippen LogP contribution is 2.37. The molecule has 4 rings (SSSR count). The molecule has 1 aliphatic heterocycles. The Morgan fingerprint density at radius 3 is 2.77 bits per heavy atom. The summed E-state index contributed by atoms with van der Waals surface area (Å²) in [5.41, 5.74) is 3.46. The number of halogens is 1. The third kappa shape index (κ3) is 4.15. The standard InChI is InChI=1S/C22H20BrN3O3S/c1-12-5-3-4-6-14(12)11-30-22-25-20-19(21(28)26-22)15(10-18(27)24-20)13-7-8-17(29-2)16(23)9-13/h3-9,15H,10-11H2,1-2H3,(H2,24,25,26,27,28)/t15-/m0/s1. The summed E-state index contributed by atoms with van der Waals surface area (Å²) in [6, 6.07) is 13.7. The van der Waals surface area contributed by atoms with Crippen molar-refractivity contribution >= 4 is 39.4 Å². The first-order chi connectivity index (χ1) is 14.5. The summed E-state index contributed by atoms with van der Waals surface area (Å²) in [5, 5.41) is 3.25. The number of fused-ring (bicyclic) bond motifs is 1. The van der Waals surface area contributed by atoms with E-state index in [1.54, 1.807) is 7.11 Å². The summed E-state index contributed by atoms with van der Waals surface area (Å²) in [6.07, 6.45) is 0.187. The van der Waals surface area contributed by atoms with Gasteiger partial charge in [0.25, 0.3) is 5.56 Å². The number of nitrogens with one attached hydrogen (secondary N) is 2. The summed E-state index contributed by atoms with van der Waals surface area (Å²) in [6.45, 7) is 2.05. The number of benzene rings is 2. The molecule has 1 atom stereocenters. The molecule has 0 spiro atoms. The third-order valence-electron chi connectivity index (χ3n) is 5.13. The van der Waals surface area contributed by atoms with Gasteiger partial charge in [0.2, 0.25) is 5.91 Å². The summed E-state index contributed by atoms with van der Waals surface area (Å²) in [7, 11) is 1.59. The van der Waals surface area contributed by atoms with Crippen molar-refractivity contribution in [1.29, 1.82) is 0 Å². The van der Waals surface area contributed by atoms with Crippen molar-refractivity contribution in [3.63, 3.8) is 0 Å². The molecule has 0 aliphatic carbocycles. The van der Waals surface area contributed by atoms with Crippen LogP contribution in [-0.2, 0) is 10.5 Å². The number of hydrogen-bond acceptors (Lipinski definition) is 5. The second kappa shape index (κ2) is 8.65. The largest absolute Gasteiger partial charge is 0.496 e. The first kappa shape index (κ1) is 20.7. The van der Waals surface area contributed by atoms with Crippen molar-refractivity contribution in [2.75, 3.05) is 12.4 Å². The molecule has 154 valence electrons. The van der Waals surface area contributed by atoms with E-state index in [4.69, 9.17) is 4.74 Å². The van der Waals surface area contributed by atoms with Crippen LogP contribution in [-0.4, -0.2) is 23.0 Å². The Balaban J connectivity index is 1.67. The van der Waals surface area contributed by atoms with Crippen LogP contribution in [0.15, 0.2) is 56.9 Å². The summed E-state index contributed by atoms with van der Waals surface area (Å²) < 4.78 is 6.05. The number of nitrogens with zero attached hydrogens (tertiary/aromatic N) is 1. The summed E-state index contributed by atoms with van der Waals surface area (Å²) in [4.78, 5) is 32.7. The molecule has 2 aromatic carbocycles. The molecule has 0 saturated heterocycles. The quantitative estimate of drug-likeness (QED) is 0.406. The fraction of sp³-hybridized carbons (Fsp3) is 0.227. The Kier molecular flexibility index (Phi) is 5.97. The predicted octanol–water partition coefficient (Wildman–Crippen LogP) is 4.62. The minimum absolute atomic E-state index is 0.160. The van der Waals surface area contributed by atoms with E-state index < -0.39 is 0 Å². The van der Waals surface area contributed by atoms with Gasteiger partial charge in [0.15, 0.2) is 5.16 Å². The van der Waals surface area contributed by atoms with Crippen LogP contribution in [0.2, 0.25) is 0 Å². The first-order valence-electron chi connectivity index (χ1n) is 9.41. The Hall–Kier alpha value is -2.58. The Bertz CT molecular complexity index is 1180. The number of thioether (sulfide) groups is 1. The molecule has 0 radical (unpaired) electrons. The van der Waals surface area contributed by atoms with Gasteiger partial charge in [0.1, 0.15) is 11.6 Å². The zero-order valence-corrected chi connectivity index (χ0v) is 18.9. The number of methoxy groups -OCH3 is 1. The van der Waals surface area contributed by atoms with Gasteiger partial charge in [-0.2, -0.15) is 0 Å². The fourth-order valence-corrected chi connectivity index (χ4v) is 5.02. The average molecular weight is 486 g/mol. The maximum Gasteiger partial charge on any atom is 0.257 e. The number of carbonyl (C=O) groups excluding carboxylic acids is 1. The van der Waals surface area contributed by atoms with Crippen LogP contribution in [0.5, 0.6) is 5.75 Å². The zero-order chi connectivity index (χ0) is 21.3. The fourth-order valence-electron chi connectivity index (χ4n) is 3.52. The number of ether oxygens (including phenoxy) is 1. The van der Waals surface area contributed by atoms with Gasteiger partial charge < -0.3 is 15.0 Å². The maximum absolute atomic E-state index is 13.0. The molecule has 2 N–H and O–H groups in total. The highest BCUT2D eigenvalue weighted by atomic mass is 79.9. The van der Waals surface area contributed by atoms with E-state index in [1.165, 1.54) is 22.9 Å². The van der Waals surface area contributed by atoms with Crippen LogP contribution in [0.3, 0.4) is 0 Å². The highest BCUT2D eigenvalue weighted by Gasteiger charge is 2.31.